The molecule has 166 valence electrons. The van der Waals surface area contributed by atoms with Crippen molar-refractivity contribution >= 4 is 35.9 Å². The minimum Gasteiger partial charge on any atom is -0.447 e. The summed E-state index contributed by atoms with van der Waals surface area (Å²) >= 11 is 0. The molecule has 1 aromatic heterocycles. The minimum atomic E-state index is -0.340. The zero-order valence-electron chi connectivity index (χ0n) is 18.4. The second-order valence-electron chi connectivity index (χ2n) is 8.15. The van der Waals surface area contributed by atoms with E-state index in [4.69, 9.17) is 9.72 Å². The molecule has 0 N–H and O–H groups in total. The van der Waals surface area contributed by atoms with E-state index in [1.54, 1.807) is 17.0 Å². The second-order valence-corrected chi connectivity index (χ2v) is 8.15. The number of carbonyl (C=O) groups is 2. The number of piperazine rings is 1. The van der Waals surface area contributed by atoms with Gasteiger partial charge in [0.05, 0.1) is 6.04 Å². The molecular weight excluding hydrogens is 416 g/mol. The number of amides is 2. The maximum Gasteiger partial charge on any atom is 0.414 e. The average Bonchev–Trinajstić information content (AvgIpc) is 3.08. The first-order valence-corrected chi connectivity index (χ1v) is 10.4. The van der Waals surface area contributed by atoms with Crippen LogP contribution < -0.4 is 9.80 Å². The highest BCUT2D eigenvalue weighted by Gasteiger charge is 2.31. The Balaban J connectivity index is 0.00000272. The van der Waals surface area contributed by atoms with Gasteiger partial charge in [0.15, 0.2) is 0 Å². The summed E-state index contributed by atoms with van der Waals surface area (Å²) < 4.78 is 5.08. The van der Waals surface area contributed by atoms with Gasteiger partial charge in [-0.25, -0.2) is 9.78 Å². The summed E-state index contributed by atoms with van der Waals surface area (Å²) in [4.78, 5) is 35.4. The van der Waals surface area contributed by atoms with E-state index in [1.165, 1.54) is 11.1 Å². The Kier molecular flexibility index (Phi) is 6.74. The predicted octanol–water partition coefficient (Wildman–Crippen LogP) is 3.74. The number of pyridine rings is 1. The Morgan fingerprint density at radius 1 is 1.03 bits per heavy atom. The molecule has 1 aromatic carbocycles. The number of hydrogen-bond acceptors (Lipinski definition) is 5. The molecule has 0 saturated carbocycles. The molecule has 8 heteroatoms. The number of anilines is 2. The number of ether oxygens (including phenoxy) is 1. The summed E-state index contributed by atoms with van der Waals surface area (Å²) in [7, 11) is 0. The van der Waals surface area contributed by atoms with Crippen LogP contribution in [0, 0.1) is 20.8 Å². The molecule has 2 aliphatic rings. The van der Waals surface area contributed by atoms with Crippen LogP contribution in [-0.2, 0) is 4.74 Å². The summed E-state index contributed by atoms with van der Waals surface area (Å²) in [6.45, 7) is 11.4. The first kappa shape index (κ1) is 22.9. The molecular formula is C23H29ClN4O3. The van der Waals surface area contributed by atoms with Crippen molar-refractivity contribution < 1.29 is 14.3 Å². The number of aryl methyl sites for hydroxylation is 3. The van der Waals surface area contributed by atoms with E-state index in [0.717, 1.165) is 30.3 Å². The first-order valence-electron chi connectivity index (χ1n) is 10.4. The van der Waals surface area contributed by atoms with Gasteiger partial charge in [-0.15, -0.1) is 12.4 Å². The van der Waals surface area contributed by atoms with E-state index in [-0.39, 0.29) is 30.4 Å². The fourth-order valence-corrected chi connectivity index (χ4v) is 4.09. The smallest absolute Gasteiger partial charge is 0.414 e. The molecule has 1 atom stereocenters. The maximum atomic E-state index is 13.0. The molecule has 0 aliphatic carbocycles. The lowest BCUT2D eigenvalue weighted by Crippen LogP contribution is -2.49. The second kappa shape index (κ2) is 9.14. The number of rotatable bonds is 3. The number of cyclic esters (lactones) is 1. The zero-order chi connectivity index (χ0) is 21.4. The molecule has 4 rings (SSSR count). The standard InChI is InChI=1S/C23H28N4O3.ClH/c1-15-13-16(2)21(24-18(15)4)25-9-11-26(12-10-25)22(28)19-5-7-20(8-6-19)27-17(3)14-30-23(27)29;/h5-8,13,17H,9-12,14H2,1-4H3;1H/t17-;/m1./s1. The van der Waals surface area contributed by atoms with E-state index >= 15 is 0 Å². The third-order valence-electron chi connectivity index (χ3n) is 5.97. The summed E-state index contributed by atoms with van der Waals surface area (Å²) in [6.07, 6.45) is -0.340. The Morgan fingerprint density at radius 2 is 1.68 bits per heavy atom. The molecule has 7 nitrogen and oxygen atoms in total. The van der Waals surface area contributed by atoms with Gasteiger partial charge in [-0.05, 0) is 63.1 Å². The minimum absolute atomic E-state index is 0. The topological polar surface area (TPSA) is 66.0 Å². The SMILES string of the molecule is Cc1cc(C)c(N2CCN(C(=O)c3ccc(N4C(=O)OC[C@H]4C)cc3)CC2)nc1C.Cl. The number of benzene rings is 1. The van der Waals surface area contributed by atoms with Gasteiger partial charge in [-0.2, -0.15) is 0 Å². The van der Waals surface area contributed by atoms with Gasteiger partial charge in [0.1, 0.15) is 12.4 Å². The number of nitrogens with zero attached hydrogens (tertiary/aromatic N) is 4. The highest BCUT2D eigenvalue weighted by molar-refractivity contribution is 5.96. The highest BCUT2D eigenvalue weighted by Crippen LogP contribution is 2.25. The molecule has 0 radical (unpaired) electrons. The molecule has 0 unspecified atom stereocenters. The van der Waals surface area contributed by atoms with Gasteiger partial charge in [-0.3, -0.25) is 9.69 Å². The normalized spacial score (nSPS) is 18.6. The lowest BCUT2D eigenvalue weighted by atomic mass is 10.1. The van der Waals surface area contributed by atoms with E-state index in [1.807, 2.05) is 30.9 Å². The van der Waals surface area contributed by atoms with Crippen LogP contribution in [0.5, 0.6) is 0 Å². The third kappa shape index (κ3) is 4.46. The van der Waals surface area contributed by atoms with Gasteiger partial charge in [0.25, 0.3) is 5.91 Å². The first-order chi connectivity index (χ1) is 14.3. The van der Waals surface area contributed by atoms with Crippen LogP contribution in [-0.4, -0.2) is 60.7 Å². The van der Waals surface area contributed by atoms with Gasteiger partial charge in [0, 0.05) is 43.1 Å². The summed E-state index contributed by atoms with van der Waals surface area (Å²) in [5, 5.41) is 0. The van der Waals surface area contributed by atoms with Crippen molar-refractivity contribution in [2.24, 2.45) is 0 Å². The van der Waals surface area contributed by atoms with Gasteiger partial charge in [0.2, 0.25) is 0 Å². The molecule has 0 spiro atoms. The van der Waals surface area contributed by atoms with E-state index in [2.05, 4.69) is 24.8 Å². The van der Waals surface area contributed by atoms with Crippen LogP contribution in [0.25, 0.3) is 0 Å². The maximum absolute atomic E-state index is 13.0. The van der Waals surface area contributed by atoms with E-state index in [0.29, 0.717) is 25.3 Å². The molecule has 0 bridgehead atoms. The fraction of sp³-hybridized carbons (Fsp3) is 0.435. The number of hydrogen-bond donors (Lipinski definition) is 0. The largest absolute Gasteiger partial charge is 0.447 e. The Bertz CT molecular complexity index is 972. The molecule has 2 fully saturated rings. The lowest BCUT2D eigenvalue weighted by Gasteiger charge is -2.36. The van der Waals surface area contributed by atoms with Crippen molar-refractivity contribution in [3.63, 3.8) is 0 Å². The van der Waals surface area contributed by atoms with Gasteiger partial charge < -0.3 is 14.5 Å². The molecule has 2 aromatic rings. The predicted molar refractivity (Wildman–Crippen MR) is 124 cm³/mol. The van der Waals surface area contributed by atoms with Gasteiger partial charge in [-0.1, -0.05) is 6.07 Å². The number of carbonyl (C=O) groups excluding carboxylic acids is 2. The quantitative estimate of drug-likeness (QED) is 0.721. The molecule has 3 heterocycles. The Labute approximate surface area is 189 Å². The van der Waals surface area contributed by atoms with Crippen molar-refractivity contribution in [3.05, 3.63) is 52.7 Å². The van der Waals surface area contributed by atoms with Crippen LogP contribution in [0.15, 0.2) is 30.3 Å². The summed E-state index contributed by atoms with van der Waals surface area (Å²) in [5.74, 6) is 1.03. The van der Waals surface area contributed by atoms with Gasteiger partial charge >= 0.3 is 6.09 Å². The van der Waals surface area contributed by atoms with Crippen molar-refractivity contribution in [2.75, 3.05) is 42.6 Å². The molecule has 2 saturated heterocycles. The van der Waals surface area contributed by atoms with Crippen molar-refractivity contribution in [1.82, 2.24) is 9.88 Å². The van der Waals surface area contributed by atoms with Crippen molar-refractivity contribution in [3.8, 4) is 0 Å². The highest BCUT2D eigenvalue weighted by atomic mass is 35.5. The number of halogens is 1. The van der Waals surface area contributed by atoms with Crippen LogP contribution in [0.4, 0.5) is 16.3 Å². The molecule has 2 amide bonds. The van der Waals surface area contributed by atoms with E-state index < -0.39 is 0 Å². The monoisotopic (exact) mass is 444 g/mol. The van der Waals surface area contributed by atoms with Crippen LogP contribution in [0.2, 0.25) is 0 Å². The Morgan fingerprint density at radius 3 is 2.26 bits per heavy atom. The van der Waals surface area contributed by atoms with Crippen LogP contribution in [0.3, 0.4) is 0 Å². The summed E-state index contributed by atoms with van der Waals surface area (Å²) in [5.41, 5.74) is 4.80. The average molecular weight is 445 g/mol. The molecule has 31 heavy (non-hydrogen) atoms. The lowest BCUT2D eigenvalue weighted by molar-refractivity contribution is 0.0746. The summed E-state index contributed by atoms with van der Waals surface area (Å²) in [6, 6.07) is 9.38. The Hall–Kier alpha value is -2.80. The third-order valence-corrected chi connectivity index (χ3v) is 5.97. The van der Waals surface area contributed by atoms with Crippen LogP contribution in [0.1, 0.15) is 34.1 Å². The molecule has 2 aliphatic heterocycles. The fourth-order valence-electron chi connectivity index (χ4n) is 4.09. The van der Waals surface area contributed by atoms with Crippen molar-refractivity contribution in [2.45, 2.75) is 33.7 Å². The van der Waals surface area contributed by atoms with Crippen molar-refractivity contribution in [1.29, 1.82) is 0 Å². The van der Waals surface area contributed by atoms with Crippen LogP contribution >= 0.6 is 12.4 Å². The zero-order valence-corrected chi connectivity index (χ0v) is 19.2. The van der Waals surface area contributed by atoms with E-state index in [9.17, 15) is 9.59 Å². The number of aromatic nitrogens is 1.